The van der Waals surface area contributed by atoms with E-state index in [2.05, 4.69) is 10.3 Å². The molecule has 3 aromatic rings. The van der Waals surface area contributed by atoms with Crippen molar-refractivity contribution in [2.45, 2.75) is 37.0 Å². The van der Waals surface area contributed by atoms with Crippen LogP contribution in [0, 0.1) is 6.92 Å². The lowest BCUT2D eigenvalue weighted by Crippen LogP contribution is -2.24. The average molecular weight is 419 g/mol. The Kier molecular flexibility index (Phi) is 6.32. The molecule has 2 aromatic carbocycles. The Morgan fingerprint density at radius 3 is 2.45 bits per heavy atom. The van der Waals surface area contributed by atoms with Gasteiger partial charge in [-0.2, -0.15) is 13.2 Å². The van der Waals surface area contributed by atoms with Gasteiger partial charge >= 0.3 is 6.18 Å². The Balaban J connectivity index is 1.83. The Morgan fingerprint density at radius 2 is 1.79 bits per heavy atom. The number of carbonyl (C=O) groups excluding carboxylic acids is 1. The van der Waals surface area contributed by atoms with Crippen molar-refractivity contribution in [3.8, 4) is 11.3 Å². The van der Waals surface area contributed by atoms with Crippen molar-refractivity contribution in [3.63, 3.8) is 0 Å². The number of anilines is 1. The molecule has 0 aliphatic carbocycles. The Labute approximate surface area is 171 Å². The number of aromatic nitrogens is 2. The lowest BCUT2D eigenvalue weighted by Gasteiger charge is -2.17. The molecule has 29 heavy (non-hydrogen) atoms. The van der Waals surface area contributed by atoms with Crippen LogP contribution in [0.15, 0.2) is 66.0 Å². The quantitative estimate of drug-likeness (QED) is 0.534. The molecule has 0 aliphatic heterocycles. The highest BCUT2D eigenvalue weighted by atomic mass is 32.2. The number of thioether (sulfide) groups is 1. The molecule has 0 bridgehead atoms. The Hall–Kier alpha value is -2.74. The van der Waals surface area contributed by atoms with Gasteiger partial charge in [0.25, 0.3) is 0 Å². The van der Waals surface area contributed by atoms with Gasteiger partial charge in [0.1, 0.15) is 6.54 Å². The third-order valence-corrected chi connectivity index (χ3v) is 5.38. The SMILES string of the molecule is Cc1ccccc1NC(=O)C(C)Sc1ncc(-c2ccccc2)n1CC(F)(F)F. The summed E-state index contributed by atoms with van der Waals surface area (Å²) in [5, 5.41) is 2.33. The summed E-state index contributed by atoms with van der Waals surface area (Å²) >= 11 is 0.999. The number of benzene rings is 2. The largest absolute Gasteiger partial charge is 0.406 e. The van der Waals surface area contributed by atoms with Crippen LogP contribution >= 0.6 is 11.8 Å². The van der Waals surface area contributed by atoms with Gasteiger partial charge in [0.05, 0.1) is 17.1 Å². The number of amides is 1. The molecule has 0 aliphatic rings. The minimum absolute atomic E-state index is 0.147. The first-order chi connectivity index (χ1) is 13.7. The fourth-order valence-corrected chi connectivity index (χ4v) is 3.67. The molecule has 1 N–H and O–H groups in total. The first kappa shape index (κ1) is 21.0. The second-order valence-electron chi connectivity index (χ2n) is 6.56. The maximum atomic E-state index is 13.2. The summed E-state index contributed by atoms with van der Waals surface area (Å²) in [5.74, 6) is -0.299. The fourth-order valence-electron chi connectivity index (χ4n) is 2.78. The number of carbonyl (C=O) groups is 1. The van der Waals surface area contributed by atoms with E-state index in [1.165, 1.54) is 6.20 Å². The predicted octanol–water partition coefficient (Wildman–Crippen LogP) is 5.54. The standard InChI is InChI=1S/C21H20F3N3OS/c1-14-8-6-7-11-17(14)26-19(28)15(2)29-20-25-12-18(16-9-4-3-5-10-16)27(20)13-21(22,23)24/h3-12,15H,13H2,1-2H3,(H,26,28). The molecule has 0 spiro atoms. The van der Waals surface area contributed by atoms with E-state index in [4.69, 9.17) is 0 Å². The molecule has 1 amide bonds. The zero-order chi connectivity index (χ0) is 21.0. The number of imidazole rings is 1. The molecular formula is C21H20F3N3OS. The molecule has 1 unspecified atom stereocenters. The monoisotopic (exact) mass is 419 g/mol. The first-order valence-electron chi connectivity index (χ1n) is 8.95. The maximum Gasteiger partial charge on any atom is 0.406 e. The molecular weight excluding hydrogens is 399 g/mol. The maximum absolute atomic E-state index is 13.2. The first-order valence-corrected chi connectivity index (χ1v) is 9.83. The van der Waals surface area contributed by atoms with Crippen LogP contribution in [0.2, 0.25) is 0 Å². The van der Waals surface area contributed by atoms with Crippen molar-refractivity contribution in [2.24, 2.45) is 0 Å². The van der Waals surface area contributed by atoms with Crippen molar-refractivity contribution in [1.29, 1.82) is 0 Å². The number of aryl methyl sites for hydroxylation is 1. The highest BCUT2D eigenvalue weighted by Crippen LogP contribution is 2.32. The van der Waals surface area contributed by atoms with Gasteiger partial charge in [0, 0.05) is 5.69 Å². The minimum Gasteiger partial charge on any atom is -0.325 e. The number of alkyl halides is 3. The smallest absolute Gasteiger partial charge is 0.325 e. The van der Waals surface area contributed by atoms with E-state index in [0.717, 1.165) is 21.9 Å². The summed E-state index contributed by atoms with van der Waals surface area (Å²) in [6, 6.07) is 16.1. The van der Waals surface area contributed by atoms with Gasteiger partial charge in [-0.1, -0.05) is 60.3 Å². The van der Waals surface area contributed by atoms with Gasteiger partial charge in [-0.25, -0.2) is 4.98 Å². The van der Waals surface area contributed by atoms with E-state index in [1.54, 1.807) is 43.3 Å². The normalized spacial score (nSPS) is 12.6. The molecule has 4 nitrogen and oxygen atoms in total. The van der Waals surface area contributed by atoms with Crippen LogP contribution < -0.4 is 5.32 Å². The van der Waals surface area contributed by atoms with Crippen LogP contribution in [0.5, 0.6) is 0 Å². The molecule has 3 rings (SSSR count). The van der Waals surface area contributed by atoms with Gasteiger partial charge in [-0.05, 0) is 31.0 Å². The lowest BCUT2D eigenvalue weighted by atomic mass is 10.2. The van der Waals surface area contributed by atoms with Crippen LogP contribution in [0.3, 0.4) is 0 Å². The number of para-hydroxylation sites is 1. The van der Waals surface area contributed by atoms with Crippen LogP contribution in [-0.4, -0.2) is 26.9 Å². The molecule has 0 fully saturated rings. The molecule has 1 atom stereocenters. The zero-order valence-electron chi connectivity index (χ0n) is 15.9. The summed E-state index contributed by atoms with van der Waals surface area (Å²) in [4.78, 5) is 16.7. The lowest BCUT2D eigenvalue weighted by molar-refractivity contribution is -0.141. The highest BCUT2D eigenvalue weighted by Gasteiger charge is 2.31. The molecule has 1 aromatic heterocycles. The summed E-state index contributed by atoms with van der Waals surface area (Å²) in [7, 11) is 0. The molecule has 0 saturated carbocycles. The average Bonchev–Trinajstić information content (AvgIpc) is 3.04. The van der Waals surface area contributed by atoms with Crippen LogP contribution in [-0.2, 0) is 11.3 Å². The van der Waals surface area contributed by atoms with Crippen molar-refractivity contribution in [2.75, 3.05) is 5.32 Å². The minimum atomic E-state index is -4.41. The van der Waals surface area contributed by atoms with E-state index in [0.29, 0.717) is 16.9 Å². The Bertz CT molecular complexity index is 986. The molecule has 1 heterocycles. The molecule has 8 heteroatoms. The van der Waals surface area contributed by atoms with Gasteiger partial charge < -0.3 is 9.88 Å². The second-order valence-corrected chi connectivity index (χ2v) is 7.87. The number of nitrogens with zero attached hydrogens (tertiary/aromatic N) is 2. The van der Waals surface area contributed by atoms with Crippen LogP contribution in [0.1, 0.15) is 12.5 Å². The van der Waals surface area contributed by atoms with Gasteiger partial charge in [0.2, 0.25) is 5.91 Å². The van der Waals surface area contributed by atoms with Crippen molar-refractivity contribution >= 4 is 23.4 Å². The summed E-state index contributed by atoms with van der Waals surface area (Å²) in [6.45, 7) is 2.34. The number of rotatable bonds is 6. The number of hydrogen-bond acceptors (Lipinski definition) is 3. The molecule has 152 valence electrons. The Morgan fingerprint density at radius 1 is 1.14 bits per heavy atom. The second kappa shape index (κ2) is 8.73. The highest BCUT2D eigenvalue weighted by molar-refractivity contribution is 8.00. The third kappa shape index (κ3) is 5.41. The van der Waals surface area contributed by atoms with Gasteiger partial charge in [0.15, 0.2) is 5.16 Å². The van der Waals surface area contributed by atoms with Crippen molar-refractivity contribution in [1.82, 2.24) is 9.55 Å². The number of halogens is 3. The summed E-state index contributed by atoms with van der Waals surface area (Å²) in [6.07, 6.45) is -3.00. The molecule has 0 saturated heterocycles. The molecule has 0 radical (unpaired) electrons. The van der Waals surface area contributed by atoms with Crippen LogP contribution in [0.4, 0.5) is 18.9 Å². The van der Waals surface area contributed by atoms with E-state index in [1.807, 2.05) is 25.1 Å². The number of hydrogen-bond donors (Lipinski definition) is 1. The van der Waals surface area contributed by atoms with Gasteiger partial charge in [-0.3, -0.25) is 4.79 Å². The van der Waals surface area contributed by atoms with E-state index < -0.39 is 18.0 Å². The van der Waals surface area contributed by atoms with Crippen molar-refractivity contribution < 1.29 is 18.0 Å². The summed E-state index contributed by atoms with van der Waals surface area (Å²) < 4.78 is 40.7. The third-order valence-electron chi connectivity index (χ3n) is 4.28. The van der Waals surface area contributed by atoms with Crippen LogP contribution in [0.25, 0.3) is 11.3 Å². The topological polar surface area (TPSA) is 46.9 Å². The van der Waals surface area contributed by atoms with E-state index in [-0.39, 0.29) is 11.1 Å². The number of nitrogens with one attached hydrogen (secondary N) is 1. The zero-order valence-corrected chi connectivity index (χ0v) is 16.7. The summed E-state index contributed by atoms with van der Waals surface area (Å²) in [5.41, 5.74) is 2.57. The van der Waals surface area contributed by atoms with Gasteiger partial charge in [-0.15, -0.1) is 0 Å². The van der Waals surface area contributed by atoms with E-state index in [9.17, 15) is 18.0 Å². The fraction of sp³-hybridized carbons (Fsp3) is 0.238. The van der Waals surface area contributed by atoms with Crippen molar-refractivity contribution in [3.05, 3.63) is 66.4 Å². The predicted molar refractivity (Wildman–Crippen MR) is 109 cm³/mol. The van der Waals surface area contributed by atoms with E-state index >= 15 is 0 Å².